The fraction of sp³-hybridized carbons (Fsp3) is 0.577. The van der Waals surface area contributed by atoms with Crippen molar-refractivity contribution in [1.82, 2.24) is 9.47 Å². The van der Waals surface area contributed by atoms with Gasteiger partial charge >= 0.3 is 5.97 Å². The van der Waals surface area contributed by atoms with E-state index >= 15 is 0 Å². The zero-order valence-corrected chi connectivity index (χ0v) is 19.5. The van der Waals surface area contributed by atoms with Crippen LogP contribution in [0.1, 0.15) is 70.2 Å². The Morgan fingerprint density at radius 3 is 2.55 bits per heavy atom. The normalized spacial score (nSPS) is 15.3. The van der Waals surface area contributed by atoms with Gasteiger partial charge in [-0.3, -0.25) is 9.69 Å². The van der Waals surface area contributed by atoms with Crippen LogP contribution in [0.4, 0.5) is 0 Å². The Labute approximate surface area is 187 Å². The standard InChI is InChI=1S/C26H38N2O3/c1-5-7-25(30)31-19-24(29)18-28(22-13-14-22)17-23-8-6-15-27(23)16-20-9-11-21(12-10-20)26(2,3)4/h6,8-12,15,22,24,29H,5,7,13-14,16-19H2,1-4H3. The maximum absolute atomic E-state index is 11.6. The zero-order valence-electron chi connectivity index (χ0n) is 19.5. The number of ether oxygens (including phenoxy) is 1. The van der Waals surface area contributed by atoms with Gasteiger partial charge in [0.2, 0.25) is 0 Å². The Balaban J connectivity index is 1.59. The second kappa shape index (κ2) is 10.5. The molecule has 1 aliphatic carbocycles. The summed E-state index contributed by atoms with van der Waals surface area (Å²) in [6, 6.07) is 13.7. The lowest BCUT2D eigenvalue weighted by Crippen LogP contribution is -2.37. The summed E-state index contributed by atoms with van der Waals surface area (Å²) in [7, 11) is 0. The van der Waals surface area contributed by atoms with Crippen LogP contribution in [0.2, 0.25) is 0 Å². The van der Waals surface area contributed by atoms with E-state index < -0.39 is 6.10 Å². The SMILES string of the molecule is CCCC(=O)OCC(O)CN(Cc1cccn1Cc1ccc(C(C)(C)C)cc1)C1CC1. The lowest BCUT2D eigenvalue weighted by molar-refractivity contribution is -0.147. The molecule has 1 aliphatic rings. The summed E-state index contributed by atoms with van der Waals surface area (Å²) in [6.45, 7) is 10.9. The quantitative estimate of drug-likeness (QED) is 0.538. The van der Waals surface area contributed by atoms with Gasteiger partial charge in [0, 0.05) is 44.0 Å². The lowest BCUT2D eigenvalue weighted by atomic mass is 9.87. The molecule has 170 valence electrons. The molecule has 5 heteroatoms. The van der Waals surface area contributed by atoms with Gasteiger partial charge < -0.3 is 14.4 Å². The molecule has 1 heterocycles. The van der Waals surface area contributed by atoms with Crippen molar-refractivity contribution in [3.8, 4) is 0 Å². The van der Waals surface area contributed by atoms with Gasteiger partial charge in [0.05, 0.1) is 0 Å². The number of hydrogen-bond acceptors (Lipinski definition) is 4. The van der Waals surface area contributed by atoms with Gasteiger partial charge in [-0.25, -0.2) is 0 Å². The highest BCUT2D eigenvalue weighted by atomic mass is 16.5. The van der Waals surface area contributed by atoms with E-state index in [-0.39, 0.29) is 18.0 Å². The lowest BCUT2D eigenvalue weighted by Gasteiger charge is -2.25. The third-order valence-electron chi connectivity index (χ3n) is 5.86. The molecule has 0 radical (unpaired) electrons. The van der Waals surface area contributed by atoms with Crippen LogP contribution < -0.4 is 0 Å². The van der Waals surface area contributed by atoms with Crippen LogP contribution in [0.25, 0.3) is 0 Å². The molecule has 1 fully saturated rings. The van der Waals surface area contributed by atoms with Crippen molar-refractivity contribution < 1.29 is 14.6 Å². The zero-order chi connectivity index (χ0) is 22.4. The number of aliphatic hydroxyl groups excluding tert-OH is 1. The third-order valence-corrected chi connectivity index (χ3v) is 5.86. The topological polar surface area (TPSA) is 54.7 Å². The van der Waals surface area contributed by atoms with E-state index in [9.17, 15) is 9.90 Å². The average molecular weight is 427 g/mol. The van der Waals surface area contributed by atoms with Crippen molar-refractivity contribution in [2.24, 2.45) is 0 Å². The molecule has 1 N–H and O–H groups in total. The van der Waals surface area contributed by atoms with E-state index in [0.717, 1.165) is 32.4 Å². The minimum Gasteiger partial charge on any atom is -0.463 e. The van der Waals surface area contributed by atoms with E-state index in [1.165, 1.54) is 16.8 Å². The van der Waals surface area contributed by atoms with Crippen molar-refractivity contribution in [1.29, 1.82) is 0 Å². The molecule has 1 aromatic heterocycles. The first kappa shape index (κ1) is 23.6. The van der Waals surface area contributed by atoms with Crippen LogP contribution in [0, 0.1) is 0 Å². The molecular formula is C26H38N2O3. The predicted octanol–water partition coefficient (Wildman–Crippen LogP) is 4.50. The van der Waals surface area contributed by atoms with Gasteiger partial charge in [0.15, 0.2) is 0 Å². The molecular weight excluding hydrogens is 388 g/mol. The second-order valence-electron chi connectivity index (χ2n) is 9.82. The first-order valence-corrected chi connectivity index (χ1v) is 11.6. The molecule has 31 heavy (non-hydrogen) atoms. The van der Waals surface area contributed by atoms with Crippen LogP contribution in [-0.4, -0.2) is 45.8 Å². The monoisotopic (exact) mass is 426 g/mol. The highest BCUT2D eigenvalue weighted by molar-refractivity contribution is 5.69. The van der Waals surface area contributed by atoms with E-state index in [2.05, 4.69) is 72.8 Å². The van der Waals surface area contributed by atoms with Crippen molar-refractivity contribution >= 4 is 5.97 Å². The number of rotatable bonds is 11. The summed E-state index contributed by atoms with van der Waals surface area (Å²) in [5.41, 5.74) is 4.03. The Morgan fingerprint density at radius 2 is 1.94 bits per heavy atom. The van der Waals surface area contributed by atoms with Gasteiger partial charge in [-0.05, 0) is 47.9 Å². The van der Waals surface area contributed by atoms with Gasteiger partial charge in [0.1, 0.15) is 12.7 Å². The van der Waals surface area contributed by atoms with Crippen LogP contribution in [0.15, 0.2) is 42.6 Å². The first-order chi connectivity index (χ1) is 14.8. The number of hydrogen-bond donors (Lipinski definition) is 1. The molecule has 1 unspecified atom stereocenters. The molecule has 3 rings (SSSR count). The Bertz CT molecular complexity index is 831. The third kappa shape index (κ3) is 7.22. The number of esters is 1. The summed E-state index contributed by atoms with van der Waals surface area (Å²) in [5, 5.41) is 10.4. The van der Waals surface area contributed by atoms with E-state index in [1.54, 1.807) is 0 Å². The molecule has 1 aromatic carbocycles. The minimum absolute atomic E-state index is 0.0726. The fourth-order valence-corrected chi connectivity index (χ4v) is 3.83. The van der Waals surface area contributed by atoms with Gasteiger partial charge in [-0.15, -0.1) is 0 Å². The van der Waals surface area contributed by atoms with Crippen molar-refractivity contribution in [2.45, 2.75) is 84.0 Å². The van der Waals surface area contributed by atoms with Crippen LogP contribution in [0.3, 0.4) is 0 Å². The smallest absolute Gasteiger partial charge is 0.305 e. The van der Waals surface area contributed by atoms with E-state index in [1.807, 2.05) is 6.92 Å². The summed E-state index contributed by atoms with van der Waals surface area (Å²) in [4.78, 5) is 13.9. The van der Waals surface area contributed by atoms with Crippen molar-refractivity contribution in [3.63, 3.8) is 0 Å². The largest absolute Gasteiger partial charge is 0.463 e. The number of aliphatic hydroxyl groups is 1. The summed E-state index contributed by atoms with van der Waals surface area (Å²) in [5.74, 6) is -0.231. The van der Waals surface area contributed by atoms with Gasteiger partial charge in [-0.2, -0.15) is 0 Å². The summed E-state index contributed by atoms with van der Waals surface area (Å²) < 4.78 is 7.48. The maximum Gasteiger partial charge on any atom is 0.305 e. The molecule has 0 amide bonds. The van der Waals surface area contributed by atoms with Crippen molar-refractivity contribution in [3.05, 3.63) is 59.4 Å². The fourth-order valence-electron chi connectivity index (χ4n) is 3.83. The molecule has 2 aromatic rings. The number of aromatic nitrogens is 1. The Morgan fingerprint density at radius 1 is 1.23 bits per heavy atom. The average Bonchev–Trinajstić information content (AvgIpc) is 3.48. The number of benzene rings is 1. The first-order valence-electron chi connectivity index (χ1n) is 11.6. The minimum atomic E-state index is -0.658. The Kier molecular flexibility index (Phi) is 7.95. The maximum atomic E-state index is 11.6. The Hall–Kier alpha value is -2.11. The van der Waals surface area contributed by atoms with Crippen LogP contribution in [-0.2, 0) is 28.0 Å². The number of carbonyl (C=O) groups is 1. The molecule has 0 saturated heterocycles. The molecule has 0 spiro atoms. The highest BCUT2D eigenvalue weighted by Gasteiger charge is 2.31. The van der Waals surface area contributed by atoms with E-state index in [0.29, 0.717) is 19.0 Å². The summed E-state index contributed by atoms with van der Waals surface area (Å²) in [6.07, 6.45) is 4.97. The number of nitrogens with zero attached hydrogens (tertiary/aromatic N) is 2. The van der Waals surface area contributed by atoms with Crippen molar-refractivity contribution in [2.75, 3.05) is 13.2 Å². The number of carbonyl (C=O) groups excluding carboxylic acids is 1. The van der Waals surface area contributed by atoms with Gasteiger partial charge in [-0.1, -0.05) is 52.0 Å². The molecule has 0 aliphatic heterocycles. The summed E-state index contributed by atoms with van der Waals surface area (Å²) >= 11 is 0. The second-order valence-corrected chi connectivity index (χ2v) is 9.82. The predicted molar refractivity (Wildman–Crippen MR) is 124 cm³/mol. The molecule has 1 saturated carbocycles. The molecule has 1 atom stereocenters. The molecule has 5 nitrogen and oxygen atoms in total. The van der Waals surface area contributed by atoms with Crippen LogP contribution >= 0.6 is 0 Å². The molecule has 0 bridgehead atoms. The van der Waals surface area contributed by atoms with Gasteiger partial charge in [0.25, 0.3) is 0 Å². The van der Waals surface area contributed by atoms with E-state index in [4.69, 9.17) is 4.74 Å². The highest BCUT2D eigenvalue weighted by Crippen LogP contribution is 2.29. The van der Waals surface area contributed by atoms with Crippen LogP contribution in [0.5, 0.6) is 0 Å².